The van der Waals surface area contributed by atoms with E-state index in [2.05, 4.69) is 24.9 Å². The maximum Gasteiger partial charge on any atom is 0.274 e. The van der Waals surface area contributed by atoms with Crippen LogP contribution < -0.4 is 4.31 Å². The molecule has 0 saturated carbocycles. The lowest BCUT2D eigenvalue weighted by atomic mass is 9.89. The molecular weight excluding hydrogens is 328 g/mol. The highest BCUT2D eigenvalue weighted by Crippen LogP contribution is 2.47. The number of fused-ring (bicyclic) bond motifs is 3. The van der Waals surface area contributed by atoms with Crippen molar-refractivity contribution in [2.24, 2.45) is 0 Å². The third-order valence-corrected chi connectivity index (χ3v) is 8.12. The van der Waals surface area contributed by atoms with Crippen LogP contribution in [0.5, 0.6) is 0 Å². The molecule has 4 nitrogen and oxygen atoms in total. The molecule has 3 heterocycles. The zero-order valence-corrected chi connectivity index (χ0v) is 14.9. The molecule has 1 fully saturated rings. The summed E-state index contributed by atoms with van der Waals surface area (Å²) >= 11 is 1.29. The van der Waals surface area contributed by atoms with Crippen LogP contribution in [0.15, 0.2) is 39.9 Å². The second-order valence-corrected chi connectivity index (χ2v) is 9.51. The minimum absolute atomic E-state index is 0.0371. The fourth-order valence-corrected chi connectivity index (χ4v) is 6.67. The fourth-order valence-electron chi connectivity index (χ4n) is 3.85. The molecule has 2 aromatic rings. The predicted molar refractivity (Wildman–Crippen MR) is 93.8 cm³/mol. The molecule has 1 saturated heterocycles. The lowest BCUT2D eigenvalue weighted by Crippen LogP contribution is -2.46. The van der Waals surface area contributed by atoms with Crippen LogP contribution in [0, 0.1) is 6.92 Å². The number of rotatable bonds is 2. The van der Waals surface area contributed by atoms with Crippen LogP contribution in [-0.4, -0.2) is 39.5 Å². The number of anilines is 1. The molecule has 2 atom stereocenters. The summed E-state index contributed by atoms with van der Waals surface area (Å²) < 4.78 is 28.5. The van der Waals surface area contributed by atoms with E-state index in [9.17, 15) is 8.42 Å². The van der Waals surface area contributed by atoms with Gasteiger partial charge in [-0.25, -0.2) is 8.42 Å². The smallest absolute Gasteiger partial charge is 0.274 e. The van der Waals surface area contributed by atoms with Crippen LogP contribution in [0.2, 0.25) is 0 Å². The van der Waals surface area contributed by atoms with E-state index in [4.69, 9.17) is 0 Å². The Labute approximate surface area is 141 Å². The number of hydrogen-bond acceptors (Lipinski definition) is 4. The Balaban J connectivity index is 1.87. The second kappa shape index (κ2) is 5.33. The van der Waals surface area contributed by atoms with Crippen LogP contribution in [0.25, 0.3) is 0 Å². The lowest BCUT2D eigenvalue weighted by molar-refractivity contribution is 0.237. The van der Waals surface area contributed by atoms with Crippen molar-refractivity contribution in [3.63, 3.8) is 0 Å². The van der Waals surface area contributed by atoms with Gasteiger partial charge in [-0.15, -0.1) is 11.3 Å². The summed E-state index contributed by atoms with van der Waals surface area (Å²) in [6.07, 6.45) is 0.875. The van der Waals surface area contributed by atoms with Gasteiger partial charge in [0.25, 0.3) is 10.0 Å². The largest absolute Gasteiger partial charge is 0.306 e. The Bertz CT molecular complexity index is 830. The molecule has 6 heteroatoms. The van der Waals surface area contributed by atoms with E-state index in [1.54, 1.807) is 16.4 Å². The summed E-state index contributed by atoms with van der Waals surface area (Å²) in [5, 5.41) is 1.82. The summed E-state index contributed by atoms with van der Waals surface area (Å²) in [5.74, 6) is 0.262. The monoisotopic (exact) mass is 348 g/mol. The first-order valence-electron chi connectivity index (χ1n) is 7.85. The average Bonchev–Trinajstić information content (AvgIpc) is 3.13. The van der Waals surface area contributed by atoms with Gasteiger partial charge in [-0.05, 0) is 50.0 Å². The number of likely N-dealkylation sites (N-methyl/N-ethyl adjacent to an activating group) is 1. The molecule has 2 aliphatic rings. The molecule has 4 rings (SSSR count). The molecule has 0 N–H and O–H groups in total. The zero-order chi connectivity index (χ0) is 16.2. The van der Waals surface area contributed by atoms with Crippen LogP contribution in [-0.2, 0) is 10.0 Å². The van der Waals surface area contributed by atoms with Gasteiger partial charge in [-0.3, -0.25) is 4.31 Å². The van der Waals surface area contributed by atoms with Gasteiger partial charge < -0.3 is 4.90 Å². The van der Waals surface area contributed by atoms with Gasteiger partial charge in [0, 0.05) is 12.5 Å². The molecule has 122 valence electrons. The van der Waals surface area contributed by atoms with E-state index in [1.807, 2.05) is 17.5 Å². The predicted octanol–water partition coefficient (Wildman–Crippen LogP) is 3.05. The summed E-state index contributed by atoms with van der Waals surface area (Å²) in [6, 6.07) is 9.70. The highest BCUT2D eigenvalue weighted by molar-refractivity contribution is 7.94. The molecule has 1 aromatic heterocycles. The fraction of sp³-hybridized carbons (Fsp3) is 0.412. The first-order valence-corrected chi connectivity index (χ1v) is 10.2. The third-order valence-electron chi connectivity index (χ3n) is 4.91. The van der Waals surface area contributed by atoms with Gasteiger partial charge in [-0.1, -0.05) is 23.8 Å². The number of thiophene rings is 1. The van der Waals surface area contributed by atoms with Gasteiger partial charge >= 0.3 is 0 Å². The Morgan fingerprint density at radius 3 is 2.83 bits per heavy atom. The maximum absolute atomic E-state index is 13.2. The van der Waals surface area contributed by atoms with Crippen molar-refractivity contribution >= 4 is 27.0 Å². The maximum atomic E-state index is 13.2. The van der Waals surface area contributed by atoms with Gasteiger partial charge in [0.1, 0.15) is 4.21 Å². The number of hydrogen-bond donors (Lipinski definition) is 0. The van der Waals surface area contributed by atoms with E-state index >= 15 is 0 Å². The lowest BCUT2D eigenvalue weighted by Gasteiger charge is -2.36. The number of piperidine rings is 1. The quantitative estimate of drug-likeness (QED) is 0.837. The van der Waals surface area contributed by atoms with Crippen molar-refractivity contribution in [3.8, 4) is 0 Å². The van der Waals surface area contributed by atoms with Crippen LogP contribution in [0.3, 0.4) is 0 Å². The highest BCUT2D eigenvalue weighted by Gasteiger charge is 2.46. The third kappa shape index (κ3) is 2.31. The number of nitrogens with zero attached hydrogens (tertiary/aromatic N) is 2. The molecule has 23 heavy (non-hydrogen) atoms. The Morgan fingerprint density at radius 1 is 1.26 bits per heavy atom. The van der Waals surface area contributed by atoms with Gasteiger partial charge in [0.05, 0.1) is 11.7 Å². The first-order chi connectivity index (χ1) is 11.0. The minimum Gasteiger partial charge on any atom is -0.306 e. The molecule has 0 radical (unpaired) electrons. The van der Waals surface area contributed by atoms with Crippen molar-refractivity contribution in [3.05, 3.63) is 46.8 Å². The van der Waals surface area contributed by atoms with Crippen LogP contribution >= 0.6 is 11.3 Å². The van der Waals surface area contributed by atoms with Crippen LogP contribution in [0.4, 0.5) is 5.69 Å². The molecule has 0 aliphatic carbocycles. The molecule has 0 spiro atoms. The van der Waals surface area contributed by atoms with Gasteiger partial charge in [-0.2, -0.15) is 0 Å². The standard InChI is InChI=1S/C17H20N2O2S2/c1-12-5-6-15-13(10-12)14-11-18(2)8-7-16(14)19(15)23(20,21)17-4-3-9-22-17/h3-6,9-10,14,16H,7-8,11H2,1-2H3/t14-,16-/m1/s1. The van der Waals surface area contributed by atoms with E-state index in [0.29, 0.717) is 4.21 Å². The number of aryl methyl sites for hydroxylation is 1. The van der Waals surface area contributed by atoms with E-state index in [0.717, 1.165) is 25.2 Å². The Morgan fingerprint density at radius 2 is 2.09 bits per heavy atom. The van der Waals surface area contributed by atoms with Crippen molar-refractivity contribution in [1.82, 2.24) is 4.90 Å². The number of likely N-dealkylation sites (tertiary alicyclic amines) is 1. The molecule has 0 bridgehead atoms. The van der Waals surface area contributed by atoms with Crippen LogP contribution in [0.1, 0.15) is 23.5 Å². The zero-order valence-electron chi connectivity index (χ0n) is 13.3. The molecule has 2 aliphatic heterocycles. The molecule has 0 amide bonds. The summed E-state index contributed by atoms with van der Waals surface area (Å²) in [7, 11) is -1.36. The summed E-state index contributed by atoms with van der Waals surface area (Å²) in [4.78, 5) is 2.30. The highest BCUT2D eigenvalue weighted by atomic mass is 32.2. The molecule has 0 unspecified atom stereocenters. The average molecular weight is 348 g/mol. The van der Waals surface area contributed by atoms with Crippen molar-refractivity contribution in [1.29, 1.82) is 0 Å². The Kier molecular flexibility index (Phi) is 3.51. The topological polar surface area (TPSA) is 40.6 Å². The molecule has 1 aromatic carbocycles. The summed E-state index contributed by atoms with van der Waals surface area (Å²) in [6.45, 7) is 3.92. The van der Waals surface area contributed by atoms with Gasteiger partial charge in [0.2, 0.25) is 0 Å². The first kappa shape index (κ1) is 15.2. The van der Waals surface area contributed by atoms with E-state index < -0.39 is 10.0 Å². The SMILES string of the molecule is Cc1ccc2c(c1)[C@H]1CN(C)CC[C@H]1N2S(=O)(=O)c1cccs1. The Hall–Kier alpha value is -1.37. The van der Waals surface area contributed by atoms with E-state index in [1.165, 1.54) is 22.5 Å². The minimum atomic E-state index is -3.48. The number of sulfonamides is 1. The van der Waals surface area contributed by atoms with Crippen molar-refractivity contribution in [2.45, 2.75) is 29.5 Å². The normalized spacial score (nSPS) is 24.5. The van der Waals surface area contributed by atoms with Gasteiger partial charge in [0.15, 0.2) is 0 Å². The number of benzene rings is 1. The van der Waals surface area contributed by atoms with E-state index in [-0.39, 0.29) is 12.0 Å². The van der Waals surface area contributed by atoms with Crippen molar-refractivity contribution in [2.75, 3.05) is 24.4 Å². The second-order valence-electron chi connectivity index (χ2n) is 6.52. The summed E-state index contributed by atoms with van der Waals surface area (Å²) in [5.41, 5.74) is 3.24. The van der Waals surface area contributed by atoms with Crippen molar-refractivity contribution < 1.29 is 8.42 Å². The molecular formula is C17H20N2O2S2.